The number of amidine groups is 1. The van der Waals surface area contributed by atoms with Gasteiger partial charge in [-0.05, 0) is 12.1 Å². The van der Waals surface area contributed by atoms with E-state index >= 15 is 0 Å². The quantitative estimate of drug-likeness (QED) is 0.236. The minimum Gasteiger partial charge on any atom is -0.382 e. The second kappa shape index (κ2) is 9.00. The molecule has 160 valence electrons. The minimum absolute atomic E-state index is 0.0812. The first-order valence-electron chi connectivity index (χ1n) is 8.64. The number of anilines is 2. The summed E-state index contributed by atoms with van der Waals surface area (Å²) in [5.74, 6) is -1.13. The molecule has 0 saturated carbocycles. The van der Waals surface area contributed by atoms with Crippen molar-refractivity contribution in [2.45, 2.75) is 0 Å². The summed E-state index contributed by atoms with van der Waals surface area (Å²) < 4.78 is 5.66. The fraction of sp³-hybridized carbons (Fsp3) is 0.118. The third-order valence-corrected chi connectivity index (χ3v) is 4.60. The van der Waals surface area contributed by atoms with Gasteiger partial charge in [0.25, 0.3) is 11.5 Å². The SMILES string of the molecule is Cn1cc(/C(N)=N/NC(=O)c2nnsc2NC(=O)Nc2ccccc2)c(=O)n(C)c1=O. The molecular formula is C17H17N9O4S. The van der Waals surface area contributed by atoms with Crippen molar-refractivity contribution in [3.05, 3.63) is 68.6 Å². The zero-order valence-electron chi connectivity index (χ0n) is 16.3. The number of nitrogens with zero attached hydrogens (tertiary/aromatic N) is 5. The molecule has 0 aliphatic rings. The number of urea groups is 1. The van der Waals surface area contributed by atoms with Gasteiger partial charge in [-0.1, -0.05) is 22.7 Å². The van der Waals surface area contributed by atoms with E-state index in [1.54, 1.807) is 30.3 Å². The van der Waals surface area contributed by atoms with Crippen LogP contribution in [0.3, 0.4) is 0 Å². The molecular weight excluding hydrogens is 426 g/mol. The summed E-state index contributed by atoms with van der Waals surface area (Å²) in [6.45, 7) is 0. The molecule has 0 fully saturated rings. The second-order valence-corrected chi connectivity index (χ2v) is 6.89. The molecule has 2 heterocycles. The number of para-hydroxylation sites is 1. The van der Waals surface area contributed by atoms with Crippen LogP contribution in [0.5, 0.6) is 0 Å². The molecule has 3 rings (SSSR count). The number of nitrogens with two attached hydrogens (primary N) is 1. The normalized spacial score (nSPS) is 11.1. The molecule has 3 aromatic rings. The van der Waals surface area contributed by atoms with E-state index in [0.29, 0.717) is 5.69 Å². The summed E-state index contributed by atoms with van der Waals surface area (Å²) in [6, 6.07) is 8.10. The number of rotatable bonds is 5. The molecule has 5 N–H and O–H groups in total. The number of hydrogen-bond donors (Lipinski definition) is 4. The van der Waals surface area contributed by atoms with Gasteiger partial charge in [0.15, 0.2) is 16.5 Å². The zero-order chi connectivity index (χ0) is 22.5. The number of carbonyl (C=O) groups is 2. The number of benzene rings is 1. The second-order valence-electron chi connectivity index (χ2n) is 6.13. The third kappa shape index (κ3) is 4.81. The molecule has 0 bridgehead atoms. The molecule has 0 unspecified atom stereocenters. The number of carbonyl (C=O) groups excluding carboxylic acids is 2. The van der Waals surface area contributed by atoms with E-state index in [0.717, 1.165) is 20.7 Å². The van der Waals surface area contributed by atoms with E-state index in [1.807, 2.05) is 0 Å². The van der Waals surface area contributed by atoms with Crippen LogP contribution in [-0.4, -0.2) is 36.5 Å². The van der Waals surface area contributed by atoms with E-state index in [9.17, 15) is 19.2 Å². The summed E-state index contributed by atoms with van der Waals surface area (Å²) in [5, 5.41) is 12.5. The fourth-order valence-corrected chi connectivity index (χ4v) is 2.98. The fourth-order valence-electron chi connectivity index (χ4n) is 2.42. The van der Waals surface area contributed by atoms with Crippen LogP contribution >= 0.6 is 11.5 Å². The lowest BCUT2D eigenvalue weighted by atomic mass is 10.3. The van der Waals surface area contributed by atoms with Crippen molar-refractivity contribution in [3.63, 3.8) is 0 Å². The van der Waals surface area contributed by atoms with Crippen molar-refractivity contribution < 1.29 is 9.59 Å². The van der Waals surface area contributed by atoms with E-state index < -0.39 is 23.2 Å². The van der Waals surface area contributed by atoms with E-state index in [1.165, 1.54) is 20.3 Å². The molecule has 13 nitrogen and oxygen atoms in total. The highest BCUT2D eigenvalue weighted by atomic mass is 32.1. The Balaban J connectivity index is 1.72. The molecule has 0 spiro atoms. The Bertz CT molecular complexity index is 1280. The minimum atomic E-state index is -0.812. The van der Waals surface area contributed by atoms with Crippen molar-refractivity contribution in [2.24, 2.45) is 24.9 Å². The Morgan fingerprint density at radius 3 is 2.55 bits per heavy atom. The van der Waals surface area contributed by atoms with Crippen LogP contribution in [-0.2, 0) is 14.1 Å². The lowest BCUT2D eigenvalue weighted by Crippen LogP contribution is -2.41. The number of aromatic nitrogens is 4. The van der Waals surface area contributed by atoms with Crippen LogP contribution in [0.15, 0.2) is 51.2 Å². The Hall–Kier alpha value is -4.33. The van der Waals surface area contributed by atoms with E-state index in [2.05, 4.69) is 30.7 Å². The van der Waals surface area contributed by atoms with Gasteiger partial charge in [-0.3, -0.25) is 19.5 Å². The largest absolute Gasteiger partial charge is 0.382 e. The number of nitrogens with one attached hydrogen (secondary N) is 3. The van der Waals surface area contributed by atoms with Crippen LogP contribution in [0.1, 0.15) is 16.1 Å². The highest BCUT2D eigenvalue weighted by Gasteiger charge is 2.19. The lowest BCUT2D eigenvalue weighted by molar-refractivity contribution is 0.0950. The van der Waals surface area contributed by atoms with Gasteiger partial charge in [0.05, 0.1) is 0 Å². The van der Waals surface area contributed by atoms with Gasteiger partial charge in [-0.15, -0.1) is 5.10 Å². The Morgan fingerprint density at radius 2 is 1.84 bits per heavy atom. The molecule has 1 aromatic carbocycles. The van der Waals surface area contributed by atoms with Gasteiger partial charge >= 0.3 is 11.7 Å². The van der Waals surface area contributed by atoms with Crippen molar-refractivity contribution in [1.82, 2.24) is 24.1 Å². The third-order valence-electron chi connectivity index (χ3n) is 3.96. The Morgan fingerprint density at radius 1 is 1.13 bits per heavy atom. The van der Waals surface area contributed by atoms with Crippen LogP contribution < -0.4 is 33.0 Å². The molecule has 2 aromatic heterocycles. The predicted molar refractivity (Wildman–Crippen MR) is 114 cm³/mol. The zero-order valence-corrected chi connectivity index (χ0v) is 17.1. The predicted octanol–water partition coefficient (Wildman–Crippen LogP) is -0.370. The van der Waals surface area contributed by atoms with Gasteiger partial charge in [0.2, 0.25) is 0 Å². The van der Waals surface area contributed by atoms with Gasteiger partial charge in [-0.25, -0.2) is 15.0 Å². The molecule has 0 aliphatic carbocycles. The van der Waals surface area contributed by atoms with Gasteiger partial charge in [0, 0.05) is 37.5 Å². The molecule has 0 radical (unpaired) electrons. The first kappa shape index (κ1) is 21.4. The van der Waals surface area contributed by atoms with Crippen LogP contribution in [0.4, 0.5) is 15.5 Å². The van der Waals surface area contributed by atoms with Gasteiger partial charge in [-0.2, -0.15) is 5.10 Å². The topological polar surface area (TPSA) is 178 Å². The number of amides is 3. The number of hydrogen-bond acceptors (Lipinski definition) is 8. The Labute approximate surface area is 178 Å². The van der Waals surface area contributed by atoms with Crippen LogP contribution in [0, 0.1) is 0 Å². The average Bonchev–Trinajstić information content (AvgIpc) is 3.21. The number of aryl methyl sites for hydroxylation is 1. The molecule has 14 heteroatoms. The highest BCUT2D eigenvalue weighted by molar-refractivity contribution is 7.10. The maximum Gasteiger partial charge on any atom is 0.330 e. The maximum atomic E-state index is 12.4. The highest BCUT2D eigenvalue weighted by Crippen LogP contribution is 2.18. The molecule has 0 aliphatic heterocycles. The van der Waals surface area contributed by atoms with Gasteiger partial charge < -0.3 is 15.6 Å². The van der Waals surface area contributed by atoms with Crippen molar-refractivity contribution in [2.75, 3.05) is 10.6 Å². The van der Waals surface area contributed by atoms with E-state index in [-0.39, 0.29) is 22.1 Å². The maximum absolute atomic E-state index is 12.4. The summed E-state index contributed by atoms with van der Waals surface area (Å²) in [6.07, 6.45) is 1.21. The standard InChI is InChI=1S/C17H17N9O4S/c1-25-8-10(15(28)26(2)17(25)30)12(18)22-23-13(27)11-14(31-24-21-11)20-16(29)19-9-6-4-3-5-7-9/h3-8H,1-2H3,(H2,18,22)(H,23,27)(H2,19,20,29). The number of hydrazone groups is 1. The van der Waals surface area contributed by atoms with Gasteiger partial charge in [0.1, 0.15) is 5.56 Å². The summed E-state index contributed by atoms with van der Waals surface area (Å²) in [7, 11) is 2.73. The molecule has 0 atom stereocenters. The Kier molecular flexibility index (Phi) is 6.21. The van der Waals surface area contributed by atoms with Crippen LogP contribution in [0.25, 0.3) is 0 Å². The summed E-state index contributed by atoms with van der Waals surface area (Å²) in [4.78, 5) is 48.4. The first-order chi connectivity index (χ1) is 14.8. The van der Waals surface area contributed by atoms with Crippen LogP contribution in [0.2, 0.25) is 0 Å². The van der Waals surface area contributed by atoms with Crippen molar-refractivity contribution in [1.29, 1.82) is 0 Å². The summed E-state index contributed by atoms with van der Waals surface area (Å²) >= 11 is 0.790. The smallest absolute Gasteiger partial charge is 0.330 e. The molecule has 0 saturated heterocycles. The average molecular weight is 443 g/mol. The molecule has 31 heavy (non-hydrogen) atoms. The summed E-state index contributed by atoms with van der Waals surface area (Å²) in [5.41, 5.74) is 7.00. The first-order valence-corrected chi connectivity index (χ1v) is 9.41. The van der Waals surface area contributed by atoms with E-state index in [4.69, 9.17) is 5.73 Å². The lowest BCUT2D eigenvalue weighted by Gasteiger charge is -2.07. The monoisotopic (exact) mass is 443 g/mol. The van der Waals surface area contributed by atoms with Crippen molar-refractivity contribution in [3.8, 4) is 0 Å². The molecule has 3 amide bonds. The van der Waals surface area contributed by atoms with Crippen molar-refractivity contribution >= 4 is 40.0 Å².